The van der Waals surface area contributed by atoms with Crippen LogP contribution >= 0.6 is 12.4 Å². The van der Waals surface area contributed by atoms with Crippen LogP contribution in [-0.2, 0) is 6.54 Å². The zero-order valence-electron chi connectivity index (χ0n) is 18.2. The van der Waals surface area contributed by atoms with Crippen LogP contribution < -0.4 is 11.2 Å². The molecule has 176 valence electrons. The number of amides is 1. The number of aromatic nitrogens is 5. The Morgan fingerprint density at radius 1 is 1.30 bits per heavy atom. The molecule has 0 saturated carbocycles. The number of carbonyl (C=O) groups excluding carboxylic acids is 1. The second-order valence-electron chi connectivity index (χ2n) is 7.73. The molecule has 3 heterocycles. The first-order chi connectivity index (χ1) is 15.4. The maximum Gasteiger partial charge on any atom is 0.293 e. The second-order valence-corrected chi connectivity index (χ2v) is 7.73. The summed E-state index contributed by atoms with van der Waals surface area (Å²) in [6.07, 6.45) is 3.31. The monoisotopic (exact) mass is 477 g/mol. The topological polar surface area (TPSA) is 140 Å². The lowest BCUT2D eigenvalue weighted by Gasteiger charge is -2.33. The summed E-state index contributed by atoms with van der Waals surface area (Å²) in [6.45, 7) is 5.17. The third kappa shape index (κ3) is 5.34. The summed E-state index contributed by atoms with van der Waals surface area (Å²) in [5.41, 5.74) is 10.1. The van der Waals surface area contributed by atoms with Crippen molar-refractivity contribution >= 4 is 29.8 Å². The molecule has 33 heavy (non-hydrogen) atoms. The Morgan fingerprint density at radius 2 is 2.06 bits per heavy atom. The van der Waals surface area contributed by atoms with E-state index in [-0.39, 0.29) is 35.6 Å². The molecule has 0 bridgehead atoms. The van der Waals surface area contributed by atoms with Gasteiger partial charge in [0.2, 0.25) is 11.6 Å². The van der Waals surface area contributed by atoms with Crippen molar-refractivity contribution in [2.24, 2.45) is 5.10 Å². The smallest absolute Gasteiger partial charge is 0.293 e. The van der Waals surface area contributed by atoms with Gasteiger partial charge in [-0.1, -0.05) is 23.8 Å². The van der Waals surface area contributed by atoms with Crippen LogP contribution in [0.25, 0.3) is 5.82 Å². The molecule has 3 N–H and O–H groups in total. The van der Waals surface area contributed by atoms with Crippen LogP contribution in [-0.4, -0.2) is 54.4 Å². The molecular formula is C20H25ClFN9O2. The minimum atomic E-state index is -0.535. The molecule has 1 aromatic carbocycles. The number of hydrogen-bond donors (Lipinski definition) is 2. The van der Waals surface area contributed by atoms with Gasteiger partial charge in [0.1, 0.15) is 5.82 Å². The van der Waals surface area contributed by atoms with E-state index in [0.29, 0.717) is 29.6 Å². The summed E-state index contributed by atoms with van der Waals surface area (Å²) < 4.78 is 19.2. The lowest BCUT2D eigenvalue weighted by Crippen LogP contribution is -2.38. The largest absolute Gasteiger partial charge is 0.378 e. The van der Waals surface area contributed by atoms with Gasteiger partial charge in [-0.05, 0) is 61.2 Å². The van der Waals surface area contributed by atoms with Crippen molar-refractivity contribution < 1.29 is 13.8 Å². The number of hydrogen-bond acceptors (Lipinski definition) is 9. The SMILES string of the molecule is C/C(=N/NC(=O)c1nnn(-c2nonc2N)c1CN1CCCCC1C)c1ccc(F)cc1.Cl. The second kappa shape index (κ2) is 10.5. The molecule has 4 rings (SSSR count). The molecule has 0 radical (unpaired) electrons. The number of nitrogens with zero attached hydrogens (tertiary/aromatic N) is 7. The maximum absolute atomic E-state index is 13.1. The number of nitrogens with one attached hydrogen (secondary N) is 1. The third-order valence-electron chi connectivity index (χ3n) is 5.56. The summed E-state index contributed by atoms with van der Waals surface area (Å²) >= 11 is 0. The molecule has 0 spiro atoms. The molecule has 11 nitrogen and oxygen atoms in total. The number of nitrogen functional groups attached to an aromatic ring is 1. The van der Waals surface area contributed by atoms with E-state index in [1.807, 2.05) is 0 Å². The molecule has 1 amide bonds. The lowest BCUT2D eigenvalue weighted by molar-refractivity contribution is 0.0944. The van der Waals surface area contributed by atoms with E-state index in [1.165, 1.54) is 23.2 Å². The van der Waals surface area contributed by atoms with E-state index in [1.54, 1.807) is 19.1 Å². The highest BCUT2D eigenvalue weighted by atomic mass is 35.5. The van der Waals surface area contributed by atoms with E-state index in [9.17, 15) is 9.18 Å². The zero-order valence-corrected chi connectivity index (χ0v) is 19.0. The fourth-order valence-electron chi connectivity index (χ4n) is 3.66. The fourth-order valence-corrected chi connectivity index (χ4v) is 3.66. The van der Waals surface area contributed by atoms with E-state index in [0.717, 1.165) is 19.4 Å². The number of likely N-dealkylation sites (tertiary alicyclic amines) is 1. The number of halogens is 2. The van der Waals surface area contributed by atoms with Gasteiger partial charge >= 0.3 is 0 Å². The minimum absolute atomic E-state index is 0. The van der Waals surface area contributed by atoms with E-state index in [2.05, 4.69) is 43.0 Å². The number of nitrogens with two attached hydrogens (primary N) is 1. The van der Waals surface area contributed by atoms with Crippen LogP contribution in [0.4, 0.5) is 10.2 Å². The van der Waals surface area contributed by atoms with Gasteiger partial charge in [0.05, 0.1) is 11.4 Å². The fraction of sp³-hybridized carbons (Fsp3) is 0.400. The summed E-state index contributed by atoms with van der Waals surface area (Å²) in [5.74, 6) is -0.671. The molecule has 3 aromatic rings. The molecule has 1 fully saturated rings. The predicted molar refractivity (Wildman–Crippen MR) is 121 cm³/mol. The normalized spacial score (nSPS) is 16.9. The summed E-state index contributed by atoms with van der Waals surface area (Å²) in [7, 11) is 0. The van der Waals surface area contributed by atoms with Crippen molar-refractivity contribution in [1.29, 1.82) is 0 Å². The molecule has 0 aliphatic carbocycles. The number of rotatable bonds is 6. The van der Waals surface area contributed by atoms with Crippen molar-refractivity contribution in [2.75, 3.05) is 12.3 Å². The number of benzene rings is 1. The first kappa shape index (κ1) is 24.3. The predicted octanol–water partition coefficient (Wildman–Crippen LogP) is 2.32. The van der Waals surface area contributed by atoms with Gasteiger partial charge in [-0.3, -0.25) is 9.69 Å². The van der Waals surface area contributed by atoms with Crippen LogP contribution in [0.1, 0.15) is 54.9 Å². The van der Waals surface area contributed by atoms with Crippen molar-refractivity contribution in [3.05, 3.63) is 47.0 Å². The van der Waals surface area contributed by atoms with Gasteiger partial charge in [0.25, 0.3) is 5.91 Å². The minimum Gasteiger partial charge on any atom is -0.378 e. The molecule has 1 saturated heterocycles. The van der Waals surface area contributed by atoms with E-state index < -0.39 is 5.91 Å². The highest BCUT2D eigenvalue weighted by molar-refractivity contribution is 6.00. The van der Waals surface area contributed by atoms with Crippen molar-refractivity contribution in [3.63, 3.8) is 0 Å². The molecule has 1 aliphatic rings. The van der Waals surface area contributed by atoms with Crippen molar-refractivity contribution in [1.82, 2.24) is 35.6 Å². The Hall–Kier alpha value is -3.38. The first-order valence-corrected chi connectivity index (χ1v) is 10.3. The van der Waals surface area contributed by atoms with Gasteiger partial charge < -0.3 is 5.73 Å². The van der Waals surface area contributed by atoms with Crippen molar-refractivity contribution in [2.45, 2.75) is 45.7 Å². The zero-order chi connectivity index (χ0) is 22.7. The number of anilines is 1. The van der Waals surface area contributed by atoms with Gasteiger partial charge in [0.15, 0.2) is 5.69 Å². The van der Waals surface area contributed by atoms with Crippen LogP contribution in [0.2, 0.25) is 0 Å². The Morgan fingerprint density at radius 3 is 2.73 bits per heavy atom. The van der Waals surface area contributed by atoms with Gasteiger partial charge in [-0.25, -0.2) is 14.4 Å². The van der Waals surface area contributed by atoms with Crippen LogP contribution in [0.15, 0.2) is 34.0 Å². The average molecular weight is 478 g/mol. The molecule has 13 heteroatoms. The van der Waals surface area contributed by atoms with Gasteiger partial charge in [-0.2, -0.15) is 9.78 Å². The highest BCUT2D eigenvalue weighted by Crippen LogP contribution is 2.22. The van der Waals surface area contributed by atoms with Crippen LogP contribution in [0.5, 0.6) is 0 Å². The lowest BCUT2D eigenvalue weighted by atomic mass is 10.0. The maximum atomic E-state index is 13.1. The van der Waals surface area contributed by atoms with Crippen LogP contribution in [0.3, 0.4) is 0 Å². The molecule has 1 aliphatic heterocycles. The molecule has 2 aromatic heterocycles. The molecular weight excluding hydrogens is 453 g/mol. The Kier molecular flexibility index (Phi) is 7.71. The highest BCUT2D eigenvalue weighted by Gasteiger charge is 2.28. The number of hydrazone groups is 1. The van der Waals surface area contributed by atoms with Crippen molar-refractivity contribution in [3.8, 4) is 5.82 Å². The van der Waals surface area contributed by atoms with E-state index in [4.69, 9.17) is 10.4 Å². The Balaban J connectivity index is 0.00000306. The van der Waals surface area contributed by atoms with Gasteiger partial charge in [0, 0.05) is 12.6 Å². The summed E-state index contributed by atoms with van der Waals surface area (Å²) in [6, 6.07) is 6.17. The van der Waals surface area contributed by atoms with E-state index >= 15 is 0 Å². The standard InChI is InChI=1S/C20H24FN9O2.ClH/c1-12-5-3-4-10-29(12)11-16-17(24-28-30(16)19-18(22)26-32-27-19)20(31)25-23-13(2)14-6-8-15(21)9-7-14;/h6-9,12H,3-5,10-11H2,1-2H3,(H2,22,26)(H,25,31);1H/b23-13-;. The Bertz CT molecular complexity index is 1130. The average Bonchev–Trinajstić information content (AvgIpc) is 3.39. The summed E-state index contributed by atoms with van der Waals surface area (Å²) in [5, 5.41) is 19.6. The summed E-state index contributed by atoms with van der Waals surface area (Å²) in [4.78, 5) is 15.2. The first-order valence-electron chi connectivity index (χ1n) is 10.3. The van der Waals surface area contributed by atoms with Gasteiger partial charge in [-0.15, -0.1) is 17.5 Å². The molecule has 1 unspecified atom stereocenters. The third-order valence-corrected chi connectivity index (χ3v) is 5.56. The van der Waals surface area contributed by atoms with Crippen LogP contribution in [0, 0.1) is 5.82 Å². The number of carbonyl (C=O) groups is 1. The molecule has 1 atom stereocenters. The Labute approximate surface area is 195 Å². The quantitative estimate of drug-likeness (QED) is 0.407. The number of piperidine rings is 1.